The van der Waals surface area contributed by atoms with E-state index in [1.807, 2.05) is 13.8 Å². The normalized spacial score (nSPS) is 22.1. The first-order valence-electron chi connectivity index (χ1n) is 7.28. The van der Waals surface area contributed by atoms with E-state index in [0.29, 0.717) is 25.4 Å². The molecule has 20 heavy (non-hydrogen) atoms. The summed E-state index contributed by atoms with van der Waals surface area (Å²) in [5.41, 5.74) is 5.64. The summed E-state index contributed by atoms with van der Waals surface area (Å²) in [4.78, 5) is 13.5. The van der Waals surface area contributed by atoms with Gasteiger partial charge in [0, 0.05) is 19.5 Å². The van der Waals surface area contributed by atoms with Crippen LogP contribution in [0.4, 0.5) is 13.2 Å². The number of hydrogen-bond donors (Lipinski definition) is 1. The molecule has 1 unspecified atom stereocenters. The van der Waals surface area contributed by atoms with Crippen LogP contribution in [0.1, 0.15) is 39.5 Å². The average Bonchev–Trinajstić information content (AvgIpc) is 2.36. The quantitative estimate of drug-likeness (QED) is 0.847. The minimum Gasteiger partial charge on any atom is -0.342 e. The molecule has 0 aromatic rings. The molecular weight excluding hydrogens is 269 g/mol. The fourth-order valence-electron chi connectivity index (χ4n) is 2.78. The first-order chi connectivity index (χ1) is 9.24. The monoisotopic (exact) mass is 294 g/mol. The van der Waals surface area contributed by atoms with Crippen LogP contribution in [0.25, 0.3) is 0 Å². The Bertz CT molecular complexity index is 318. The maximum atomic E-state index is 12.7. The van der Waals surface area contributed by atoms with Gasteiger partial charge in [-0.1, -0.05) is 13.8 Å². The van der Waals surface area contributed by atoms with Gasteiger partial charge in [-0.25, -0.2) is 0 Å². The van der Waals surface area contributed by atoms with Gasteiger partial charge in [0.05, 0.1) is 5.92 Å². The molecule has 118 valence electrons. The lowest BCUT2D eigenvalue weighted by Gasteiger charge is -2.34. The topological polar surface area (TPSA) is 46.3 Å². The van der Waals surface area contributed by atoms with Crippen LogP contribution in [0.2, 0.25) is 0 Å². The maximum absolute atomic E-state index is 12.7. The highest BCUT2D eigenvalue weighted by Gasteiger charge is 2.42. The number of likely N-dealkylation sites (tertiary alicyclic amines) is 1. The molecule has 6 heteroatoms. The zero-order valence-corrected chi connectivity index (χ0v) is 12.2. The smallest absolute Gasteiger partial charge is 0.342 e. The van der Waals surface area contributed by atoms with E-state index in [0.717, 1.165) is 6.42 Å². The van der Waals surface area contributed by atoms with Gasteiger partial charge in [0.1, 0.15) is 0 Å². The first kappa shape index (κ1) is 17.3. The van der Waals surface area contributed by atoms with E-state index in [1.54, 1.807) is 0 Å². The van der Waals surface area contributed by atoms with Crippen molar-refractivity contribution >= 4 is 5.91 Å². The van der Waals surface area contributed by atoms with Gasteiger partial charge in [-0.3, -0.25) is 4.79 Å². The Hall–Kier alpha value is -0.780. The largest absolute Gasteiger partial charge is 0.393 e. The first-order valence-corrected chi connectivity index (χ1v) is 7.28. The summed E-state index contributed by atoms with van der Waals surface area (Å²) < 4.78 is 38.2. The Morgan fingerprint density at radius 2 is 2.05 bits per heavy atom. The van der Waals surface area contributed by atoms with E-state index in [2.05, 4.69) is 0 Å². The van der Waals surface area contributed by atoms with Crippen molar-refractivity contribution in [2.75, 3.05) is 19.6 Å². The van der Waals surface area contributed by atoms with Gasteiger partial charge in [-0.15, -0.1) is 0 Å². The lowest BCUT2D eigenvalue weighted by Crippen LogP contribution is -2.45. The molecule has 1 fully saturated rings. The number of nitrogens with zero attached hydrogens (tertiary/aromatic N) is 1. The molecule has 2 atom stereocenters. The molecular formula is C14H25F3N2O. The number of alkyl halides is 3. The molecule has 1 amide bonds. The molecule has 1 heterocycles. The highest BCUT2D eigenvalue weighted by atomic mass is 19.4. The molecule has 0 aromatic heterocycles. The van der Waals surface area contributed by atoms with Crippen LogP contribution in [-0.4, -0.2) is 36.6 Å². The summed E-state index contributed by atoms with van der Waals surface area (Å²) >= 11 is 0. The van der Waals surface area contributed by atoms with Crippen LogP contribution in [-0.2, 0) is 4.79 Å². The lowest BCUT2D eigenvalue weighted by atomic mass is 9.92. The predicted molar refractivity (Wildman–Crippen MR) is 72.0 cm³/mol. The van der Waals surface area contributed by atoms with Crippen molar-refractivity contribution in [1.29, 1.82) is 0 Å². The molecule has 0 spiro atoms. The van der Waals surface area contributed by atoms with E-state index < -0.39 is 12.1 Å². The van der Waals surface area contributed by atoms with E-state index in [-0.39, 0.29) is 31.2 Å². The Balaban J connectivity index is 2.54. The second-order valence-corrected chi connectivity index (χ2v) is 6.16. The summed E-state index contributed by atoms with van der Waals surface area (Å²) in [6, 6.07) is 0. The molecule has 3 nitrogen and oxygen atoms in total. The highest BCUT2D eigenvalue weighted by molar-refractivity contribution is 5.76. The number of rotatable bonds is 5. The predicted octanol–water partition coefficient (Wildman–Crippen LogP) is 2.80. The van der Waals surface area contributed by atoms with E-state index in [9.17, 15) is 18.0 Å². The van der Waals surface area contributed by atoms with E-state index in [1.165, 1.54) is 4.90 Å². The van der Waals surface area contributed by atoms with Gasteiger partial charge < -0.3 is 10.6 Å². The Morgan fingerprint density at radius 3 is 2.55 bits per heavy atom. The zero-order chi connectivity index (χ0) is 15.3. The van der Waals surface area contributed by atoms with Crippen LogP contribution in [0.5, 0.6) is 0 Å². The molecule has 2 N–H and O–H groups in total. The van der Waals surface area contributed by atoms with Gasteiger partial charge in [0.2, 0.25) is 5.91 Å². The summed E-state index contributed by atoms with van der Waals surface area (Å²) in [6.45, 7) is 4.74. The van der Waals surface area contributed by atoms with E-state index >= 15 is 0 Å². The average molecular weight is 294 g/mol. The fourth-order valence-corrected chi connectivity index (χ4v) is 2.78. The second kappa shape index (κ2) is 7.29. The van der Waals surface area contributed by atoms with Crippen molar-refractivity contribution in [3.8, 4) is 0 Å². The van der Waals surface area contributed by atoms with Gasteiger partial charge in [0.25, 0.3) is 0 Å². The minimum absolute atomic E-state index is 0.0637. The number of carbonyl (C=O) groups is 1. The Kier molecular flexibility index (Phi) is 6.30. The highest BCUT2D eigenvalue weighted by Crippen LogP contribution is 2.33. The molecule has 1 saturated heterocycles. The van der Waals surface area contributed by atoms with Crippen LogP contribution >= 0.6 is 0 Å². The Labute approximate surface area is 118 Å². The number of piperidine rings is 1. The van der Waals surface area contributed by atoms with E-state index in [4.69, 9.17) is 5.73 Å². The third kappa shape index (κ3) is 5.31. The minimum atomic E-state index is -4.20. The fraction of sp³-hybridized carbons (Fsp3) is 0.929. The SMILES string of the molecule is CC(C)C[C@H](CN)CC(=O)N1CCCC(C(F)(F)F)C1. The van der Waals surface area contributed by atoms with Crippen molar-refractivity contribution in [2.45, 2.75) is 45.7 Å². The molecule has 1 aliphatic rings. The van der Waals surface area contributed by atoms with Crippen molar-refractivity contribution in [2.24, 2.45) is 23.5 Å². The third-order valence-corrected chi connectivity index (χ3v) is 3.84. The van der Waals surface area contributed by atoms with Crippen molar-refractivity contribution < 1.29 is 18.0 Å². The van der Waals surface area contributed by atoms with Gasteiger partial charge in [-0.05, 0) is 37.6 Å². The summed E-state index contributed by atoms with van der Waals surface area (Å²) in [5.74, 6) is -1.06. The number of amides is 1. The standard InChI is InChI=1S/C14H25F3N2O/c1-10(2)6-11(8-18)7-13(20)19-5-3-4-12(9-19)14(15,16)17/h10-12H,3-9,18H2,1-2H3/t11-,12?/m0/s1. The van der Waals surface area contributed by atoms with Crippen LogP contribution in [0.15, 0.2) is 0 Å². The van der Waals surface area contributed by atoms with Gasteiger partial charge >= 0.3 is 6.18 Å². The molecule has 0 aliphatic carbocycles. The summed E-state index contributed by atoms with van der Waals surface area (Å²) in [7, 11) is 0. The van der Waals surface area contributed by atoms with Crippen LogP contribution < -0.4 is 5.73 Å². The molecule has 0 saturated carbocycles. The van der Waals surface area contributed by atoms with Crippen LogP contribution in [0, 0.1) is 17.8 Å². The van der Waals surface area contributed by atoms with Gasteiger partial charge in [0.15, 0.2) is 0 Å². The number of halogens is 3. The van der Waals surface area contributed by atoms with Crippen molar-refractivity contribution in [3.05, 3.63) is 0 Å². The zero-order valence-electron chi connectivity index (χ0n) is 12.2. The lowest BCUT2D eigenvalue weighted by molar-refractivity contribution is -0.188. The van der Waals surface area contributed by atoms with Crippen LogP contribution in [0.3, 0.4) is 0 Å². The number of carbonyl (C=O) groups excluding carboxylic acids is 1. The summed E-state index contributed by atoms with van der Waals surface area (Å²) in [6.07, 6.45) is -2.56. The summed E-state index contributed by atoms with van der Waals surface area (Å²) in [5, 5.41) is 0. The molecule has 0 aromatic carbocycles. The maximum Gasteiger partial charge on any atom is 0.393 e. The third-order valence-electron chi connectivity index (χ3n) is 3.84. The number of hydrogen-bond acceptors (Lipinski definition) is 2. The molecule has 1 aliphatic heterocycles. The van der Waals surface area contributed by atoms with Crippen molar-refractivity contribution in [1.82, 2.24) is 4.90 Å². The molecule has 0 bridgehead atoms. The molecule has 0 radical (unpaired) electrons. The number of nitrogens with two attached hydrogens (primary N) is 1. The second-order valence-electron chi connectivity index (χ2n) is 6.16. The van der Waals surface area contributed by atoms with Gasteiger partial charge in [-0.2, -0.15) is 13.2 Å². The Morgan fingerprint density at radius 1 is 1.40 bits per heavy atom. The van der Waals surface area contributed by atoms with Crippen molar-refractivity contribution in [3.63, 3.8) is 0 Å². The molecule has 1 rings (SSSR count).